The van der Waals surface area contributed by atoms with E-state index in [0.29, 0.717) is 25.2 Å². The topological polar surface area (TPSA) is 103 Å². The number of carbonyl (C=O) groups is 2. The minimum Gasteiger partial charge on any atom is -0.480 e. The minimum atomic E-state index is -1.03. The zero-order valence-corrected chi connectivity index (χ0v) is 12.7. The molecule has 8 heteroatoms. The van der Waals surface area contributed by atoms with Crippen LogP contribution in [0.1, 0.15) is 36.7 Å². The number of hydrogen-bond donors (Lipinski definition) is 2. The summed E-state index contributed by atoms with van der Waals surface area (Å²) >= 11 is 0. The van der Waals surface area contributed by atoms with Crippen molar-refractivity contribution in [1.29, 1.82) is 0 Å². The van der Waals surface area contributed by atoms with Crippen LogP contribution in [0.5, 0.6) is 0 Å². The SMILES string of the molecule is CC(C)n1cc(C(=O)N[C@@H]2COCC[C@@H]2OCC(=O)O)cn1. The molecule has 2 atom stereocenters. The molecule has 0 saturated carbocycles. The summed E-state index contributed by atoms with van der Waals surface area (Å²) in [7, 11) is 0. The Morgan fingerprint density at radius 3 is 3.00 bits per heavy atom. The van der Waals surface area contributed by atoms with Crippen molar-refractivity contribution in [2.24, 2.45) is 0 Å². The number of aliphatic carboxylic acids is 1. The monoisotopic (exact) mass is 311 g/mol. The Balaban J connectivity index is 1.96. The van der Waals surface area contributed by atoms with Gasteiger partial charge in [-0.05, 0) is 20.3 Å². The minimum absolute atomic E-state index is 0.172. The first-order valence-corrected chi connectivity index (χ1v) is 7.23. The average Bonchev–Trinajstić information content (AvgIpc) is 2.96. The van der Waals surface area contributed by atoms with Crippen LogP contribution in [0.2, 0.25) is 0 Å². The third-order valence-corrected chi connectivity index (χ3v) is 3.42. The predicted octanol–water partition coefficient (Wildman–Crippen LogP) is 0.453. The number of carboxylic acid groups (broad SMARTS) is 1. The van der Waals surface area contributed by atoms with Gasteiger partial charge in [-0.2, -0.15) is 5.10 Å². The molecule has 2 rings (SSSR count). The molecule has 0 bridgehead atoms. The van der Waals surface area contributed by atoms with Gasteiger partial charge in [0.1, 0.15) is 6.61 Å². The Hall–Kier alpha value is -1.93. The molecule has 0 aromatic carbocycles. The summed E-state index contributed by atoms with van der Waals surface area (Å²) in [5, 5.41) is 15.6. The van der Waals surface area contributed by atoms with Crippen LogP contribution in [0.4, 0.5) is 0 Å². The molecule has 0 radical (unpaired) electrons. The Morgan fingerprint density at radius 2 is 2.36 bits per heavy atom. The zero-order chi connectivity index (χ0) is 16.1. The fraction of sp³-hybridized carbons (Fsp3) is 0.643. The number of aromatic nitrogens is 2. The van der Waals surface area contributed by atoms with Crippen LogP contribution < -0.4 is 5.32 Å². The molecule has 1 aliphatic rings. The molecule has 0 spiro atoms. The van der Waals surface area contributed by atoms with Gasteiger partial charge in [0.2, 0.25) is 0 Å². The highest BCUT2D eigenvalue weighted by molar-refractivity contribution is 5.93. The van der Waals surface area contributed by atoms with Crippen molar-refractivity contribution in [1.82, 2.24) is 15.1 Å². The summed E-state index contributed by atoms with van der Waals surface area (Å²) in [5.41, 5.74) is 0.455. The van der Waals surface area contributed by atoms with Gasteiger partial charge in [0, 0.05) is 18.8 Å². The maximum absolute atomic E-state index is 12.2. The largest absolute Gasteiger partial charge is 0.480 e. The van der Waals surface area contributed by atoms with Crippen LogP contribution >= 0.6 is 0 Å². The van der Waals surface area contributed by atoms with Crippen LogP contribution in [0.25, 0.3) is 0 Å². The van der Waals surface area contributed by atoms with Gasteiger partial charge in [0.25, 0.3) is 5.91 Å². The second kappa shape index (κ2) is 7.37. The lowest BCUT2D eigenvalue weighted by Gasteiger charge is -2.31. The molecule has 1 aromatic rings. The summed E-state index contributed by atoms with van der Waals surface area (Å²) in [6, 6.07) is -0.200. The quantitative estimate of drug-likeness (QED) is 0.791. The van der Waals surface area contributed by atoms with Crippen molar-refractivity contribution in [3.05, 3.63) is 18.0 Å². The van der Waals surface area contributed by atoms with Crippen molar-refractivity contribution in [3.8, 4) is 0 Å². The summed E-state index contributed by atoms with van der Waals surface area (Å²) < 4.78 is 12.4. The van der Waals surface area contributed by atoms with E-state index >= 15 is 0 Å². The maximum atomic E-state index is 12.2. The van der Waals surface area contributed by atoms with Crippen LogP contribution in [-0.4, -0.2) is 58.7 Å². The van der Waals surface area contributed by atoms with Crippen LogP contribution in [0.15, 0.2) is 12.4 Å². The standard InChI is InChI=1S/C14H21N3O5/c1-9(2)17-6-10(5-15-17)14(20)16-11-7-21-4-3-12(11)22-8-13(18)19/h5-6,9,11-12H,3-4,7-8H2,1-2H3,(H,16,20)(H,18,19)/t11-,12+/m1/s1. The van der Waals surface area contributed by atoms with Gasteiger partial charge in [0.05, 0.1) is 30.5 Å². The van der Waals surface area contributed by atoms with Crippen molar-refractivity contribution in [2.75, 3.05) is 19.8 Å². The molecular weight excluding hydrogens is 290 g/mol. The van der Waals surface area contributed by atoms with E-state index in [-0.39, 0.29) is 30.7 Å². The summed E-state index contributed by atoms with van der Waals surface area (Å²) in [6.45, 7) is 4.34. The second-order valence-corrected chi connectivity index (χ2v) is 5.49. The van der Waals surface area contributed by atoms with Gasteiger partial charge < -0.3 is 19.9 Å². The average molecular weight is 311 g/mol. The number of hydrogen-bond acceptors (Lipinski definition) is 5. The molecule has 0 unspecified atom stereocenters. The van der Waals surface area contributed by atoms with E-state index in [1.54, 1.807) is 10.9 Å². The number of rotatable bonds is 6. The van der Waals surface area contributed by atoms with Gasteiger partial charge in [-0.3, -0.25) is 9.48 Å². The van der Waals surface area contributed by atoms with E-state index in [2.05, 4.69) is 10.4 Å². The molecule has 1 fully saturated rings. The Labute approximate surface area is 128 Å². The van der Waals surface area contributed by atoms with Gasteiger partial charge in [-0.1, -0.05) is 0 Å². The van der Waals surface area contributed by atoms with E-state index in [4.69, 9.17) is 14.6 Å². The fourth-order valence-corrected chi connectivity index (χ4v) is 2.22. The number of ether oxygens (including phenoxy) is 2. The Kier molecular flexibility index (Phi) is 5.51. The first kappa shape index (κ1) is 16.4. The van der Waals surface area contributed by atoms with Crippen molar-refractivity contribution >= 4 is 11.9 Å². The van der Waals surface area contributed by atoms with E-state index in [1.165, 1.54) is 6.20 Å². The molecule has 1 amide bonds. The van der Waals surface area contributed by atoms with Gasteiger partial charge in [-0.25, -0.2) is 4.79 Å². The molecule has 0 aliphatic carbocycles. The Morgan fingerprint density at radius 1 is 1.59 bits per heavy atom. The molecule has 1 aromatic heterocycles. The summed E-state index contributed by atoms with van der Waals surface area (Å²) in [6.07, 6.45) is 3.36. The molecule has 22 heavy (non-hydrogen) atoms. The maximum Gasteiger partial charge on any atom is 0.329 e. The van der Waals surface area contributed by atoms with E-state index in [9.17, 15) is 9.59 Å². The third-order valence-electron chi connectivity index (χ3n) is 3.42. The molecule has 2 N–H and O–H groups in total. The molecule has 8 nitrogen and oxygen atoms in total. The van der Waals surface area contributed by atoms with Crippen LogP contribution in [-0.2, 0) is 14.3 Å². The highest BCUT2D eigenvalue weighted by Gasteiger charge is 2.29. The molecule has 1 saturated heterocycles. The number of carboxylic acids is 1. The van der Waals surface area contributed by atoms with Gasteiger partial charge in [-0.15, -0.1) is 0 Å². The van der Waals surface area contributed by atoms with Gasteiger partial charge in [0.15, 0.2) is 0 Å². The molecule has 122 valence electrons. The molecule has 1 aliphatic heterocycles. The van der Waals surface area contributed by atoms with Crippen LogP contribution in [0, 0.1) is 0 Å². The lowest BCUT2D eigenvalue weighted by molar-refractivity contribution is -0.147. The first-order chi connectivity index (χ1) is 10.5. The van der Waals surface area contributed by atoms with Crippen molar-refractivity contribution in [3.63, 3.8) is 0 Å². The van der Waals surface area contributed by atoms with Gasteiger partial charge >= 0.3 is 5.97 Å². The highest BCUT2D eigenvalue weighted by Crippen LogP contribution is 2.13. The zero-order valence-electron chi connectivity index (χ0n) is 12.7. The number of carbonyl (C=O) groups excluding carboxylic acids is 1. The van der Waals surface area contributed by atoms with Crippen molar-refractivity contribution in [2.45, 2.75) is 38.5 Å². The molecule has 2 heterocycles. The predicted molar refractivity (Wildman–Crippen MR) is 76.7 cm³/mol. The van der Waals surface area contributed by atoms with E-state index in [0.717, 1.165) is 0 Å². The van der Waals surface area contributed by atoms with E-state index < -0.39 is 5.97 Å². The lowest BCUT2D eigenvalue weighted by Crippen LogP contribution is -2.50. The summed E-state index contributed by atoms with van der Waals surface area (Å²) in [4.78, 5) is 22.8. The lowest BCUT2D eigenvalue weighted by atomic mass is 10.1. The number of nitrogens with one attached hydrogen (secondary N) is 1. The first-order valence-electron chi connectivity index (χ1n) is 7.23. The Bertz CT molecular complexity index is 528. The van der Waals surface area contributed by atoms with Crippen molar-refractivity contribution < 1.29 is 24.2 Å². The number of amides is 1. The van der Waals surface area contributed by atoms with E-state index in [1.807, 2.05) is 13.8 Å². The van der Waals surface area contributed by atoms with Crippen LogP contribution in [0.3, 0.4) is 0 Å². The smallest absolute Gasteiger partial charge is 0.329 e. The second-order valence-electron chi connectivity index (χ2n) is 5.49. The molecular formula is C14H21N3O5. The third kappa shape index (κ3) is 4.28. The summed E-state index contributed by atoms with van der Waals surface area (Å²) in [5.74, 6) is -1.30. The normalized spacial score (nSPS) is 21.8. The highest BCUT2D eigenvalue weighted by atomic mass is 16.5. The fourth-order valence-electron chi connectivity index (χ4n) is 2.22. The number of nitrogens with zero attached hydrogens (tertiary/aromatic N) is 2.